The van der Waals surface area contributed by atoms with Crippen LogP contribution in [-0.4, -0.2) is 96.2 Å². The summed E-state index contributed by atoms with van der Waals surface area (Å²) in [5.74, 6) is 0.834. The Hall–Kier alpha value is -9.30. The molecular formula is C60H58N6O8. The molecule has 0 saturated carbocycles. The van der Waals surface area contributed by atoms with Gasteiger partial charge in [0.1, 0.15) is 48.4 Å². The average Bonchev–Trinajstić information content (AvgIpc) is 3.44. The van der Waals surface area contributed by atoms with Crippen molar-refractivity contribution in [2.45, 2.75) is 24.9 Å². The maximum atomic E-state index is 13.0. The largest absolute Gasteiger partial charge is 0.492 e. The molecule has 0 aliphatic heterocycles. The Labute approximate surface area is 430 Å². The third kappa shape index (κ3) is 15.3. The first kappa shape index (κ1) is 52.5. The molecule has 0 fully saturated rings. The van der Waals surface area contributed by atoms with Gasteiger partial charge in [-0.1, -0.05) is 121 Å². The molecule has 0 aliphatic rings. The number of para-hydroxylation sites is 2. The first-order valence-corrected chi connectivity index (χ1v) is 24.1. The van der Waals surface area contributed by atoms with Crippen molar-refractivity contribution in [3.8, 4) is 11.5 Å². The maximum Gasteiger partial charge on any atom is 0.326 e. The molecule has 2 atom stereocenters. The summed E-state index contributed by atoms with van der Waals surface area (Å²) in [5, 5.41) is 25.9. The summed E-state index contributed by atoms with van der Waals surface area (Å²) in [6.45, 7) is 2.31. The van der Waals surface area contributed by atoms with Crippen molar-refractivity contribution in [3.05, 3.63) is 240 Å². The minimum absolute atomic E-state index is 0.164. The van der Waals surface area contributed by atoms with Gasteiger partial charge in [-0.3, -0.25) is 9.59 Å². The fourth-order valence-corrected chi connectivity index (χ4v) is 7.78. The van der Waals surface area contributed by atoms with E-state index >= 15 is 0 Å². The van der Waals surface area contributed by atoms with Crippen molar-refractivity contribution in [1.82, 2.24) is 9.97 Å². The fraction of sp³-hybridized carbons (Fsp3) is 0.167. The molecule has 0 amide bonds. The van der Waals surface area contributed by atoms with E-state index < -0.39 is 24.0 Å². The van der Waals surface area contributed by atoms with E-state index in [-0.39, 0.29) is 24.4 Å². The fourth-order valence-electron chi connectivity index (χ4n) is 7.78. The number of carboxylic acid groups (broad SMARTS) is 2. The van der Waals surface area contributed by atoms with Gasteiger partial charge < -0.3 is 40.1 Å². The number of hydrogen-bond acceptors (Lipinski definition) is 12. The summed E-state index contributed by atoms with van der Waals surface area (Å²) in [4.78, 5) is 62.8. The minimum atomic E-state index is -1.00. The second-order valence-electron chi connectivity index (χ2n) is 17.2. The highest BCUT2D eigenvalue weighted by molar-refractivity contribution is 6.13. The lowest BCUT2D eigenvalue weighted by Gasteiger charge is -2.19. The number of hydrogen-bond donors (Lipinski definition) is 4. The van der Waals surface area contributed by atoms with E-state index in [0.717, 1.165) is 22.8 Å². The molecule has 74 heavy (non-hydrogen) atoms. The molecule has 0 bridgehead atoms. The highest BCUT2D eigenvalue weighted by atomic mass is 16.5. The van der Waals surface area contributed by atoms with Gasteiger partial charge in [0, 0.05) is 73.0 Å². The van der Waals surface area contributed by atoms with Crippen LogP contribution in [0.1, 0.15) is 43.0 Å². The average molecular weight is 991 g/mol. The summed E-state index contributed by atoms with van der Waals surface area (Å²) in [6.07, 6.45) is 3.99. The van der Waals surface area contributed by atoms with Crippen LogP contribution in [-0.2, 0) is 22.4 Å². The monoisotopic (exact) mass is 990 g/mol. The highest BCUT2D eigenvalue weighted by Crippen LogP contribution is 2.24. The van der Waals surface area contributed by atoms with Gasteiger partial charge in [0.25, 0.3) is 0 Å². The number of aliphatic carboxylic acids is 2. The summed E-state index contributed by atoms with van der Waals surface area (Å²) in [5.41, 5.74) is 4.60. The number of ketones is 2. The maximum absolute atomic E-state index is 13.0. The summed E-state index contributed by atoms with van der Waals surface area (Å²) < 4.78 is 11.7. The number of pyridine rings is 2. The standard InChI is InChI=1S/2C30H29N3O4/c2*1-33(28-13-7-8-18-31-28)19-20-37-24-16-14-22(15-17-24)21-27(30(35)36)32-26-12-6-5-11-25(26)29(34)23-9-3-2-4-10-23/h2*2-18,27,32H,19-21H2,1H3,(H,35,36). The Balaban J connectivity index is 0.000000216. The molecule has 0 aliphatic carbocycles. The van der Waals surface area contributed by atoms with Crippen molar-refractivity contribution in [3.63, 3.8) is 0 Å². The van der Waals surface area contributed by atoms with Crippen molar-refractivity contribution >= 4 is 46.5 Å². The van der Waals surface area contributed by atoms with Crippen molar-refractivity contribution in [2.75, 3.05) is 60.8 Å². The van der Waals surface area contributed by atoms with Gasteiger partial charge in [-0.15, -0.1) is 0 Å². The quantitative estimate of drug-likeness (QED) is 0.0420. The number of carbonyl (C=O) groups excluding carboxylic acids is 2. The van der Waals surface area contributed by atoms with Crippen LogP contribution < -0.4 is 29.9 Å². The zero-order valence-corrected chi connectivity index (χ0v) is 41.2. The van der Waals surface area contributed by atoms with E-state index in [9.17, 15) is 29.4 Å². The van der Waals surface area contributed by atoms with Crippen molar-refractivity contribution in [1.29, 1.82) is 0 Å². The molecule has 2 heterocycles. The molecule has 376 valence electrons. The van der Waals surface area contributed by atoms with Crippen LogP contribution in [0.5, 0.6) is 11.5 Å². The lowest BCUT2D eigenvalue weighted by molar-refractivity contribution is -0.138. The van der Waals surface area contributed by atoms with Gasteiger partial charge in [-0.25, -0.2) is 19.6 Å². The van der Waals surface area contributed by atoms with Gasteiger partial charge >= 0.3 is 11.9 Å². The molecule has 2 aromatic heterocycles. The van der Waals surface area contributed by atoms with Crippen LogP contribution in [0.2, 0.25) is 0 Å². The second kappa shape index (κ2) is 26.8. The first-order valence-electron chi connectivity index (χ1n) is 24.1. The number of carboxylic acids is 2. The Bertz CT molecular complexity index is 2830. The number of benzene rings is 6. The van der Waals surface area contributed by atoms with Crippen LogP contribution in [0.25, 0.3) is 0 Å². The molecule has 0 radical (unpaired) electrons. The van der Waals surface area contributed by atoms with Gasteiger partial charge in [0.05, 0.1) is 13.1 Å². The number of aromatic nitrogens is 2. The number of nitrogens with zero attached hydrogens (tertiary/aromatic N) is 4. The summed E-state index contributed by atoms with van der Waals surface area (Å²) >= 11 is 0. The summed E-state index contributed by atoms with van der Waals surface area (Å²) in [6, 6.07) is 56.3. The Kier molecular flexibility index (Phi) is 19.0. The van der Waals surface area contributed by atoms with Gasteiger partial charge in [0.2, 0.25) is 0 Å². The third-order valence-corrected chi connectivity index (χ3v) is 11.9. The minimum Gasteiger partial charge on any atom is -0.492 e. The number of nitrogens with one attached hydrogen (secondary N) is 2. The van der Waals surface area contributed by atoms with E-state index in [4.69, 9.17) is 9.47 Å². The van der Waals surface area contributed by atoms with E-state index in [1.807, 2.05) is 121 Å². The van der Waals surface area contributed by atoms with Gasteiger partial charge in [-0.2, -0.15) is 0 Å². The van der Waals surface area contributed by atoms with Crippen molar-refractivity contribution < 1.29 is 38.9 Å². The molecule has 8 rings (SSSR count). The van der Waals surface area contributed by atoms with Crippen LogP contribution in [0.15, 0.2) is 207 Å². The number of likely N-dealkylation sites (N-methyl/N-ethyl adjacent to an activating group) is 2. The van der Waals surface area contributed by atoms with Crippen LogP contribution in [0, 0.1) is 0 Å². The van der Waals surface area contributed by atoms with Gasteiger partial charge in [-0.05, 0) is 83.9 Å². The first-order chi connectivity index (χ1) is 36.0. The Morgan fingerprint density at radius 2 is 0.811 bits per heavy atom. The third-order valence-electron chi connectivity index (χ3n) is 11.9. The highest BCUT2D eigenvalue weighted by Gasteiger charge is 2.23. The smallest absolute Gasteiger partial charge is 0.326 e. The predicted octanol–water partition coefficient (Wildman–Crippen LogP) is 9.87. The zero-order valence-electron chi connectivity index (χ0n) is 41.2. The number of ether oxygens (including phenoxy) is 2. The zero-order chi connectivity index (χ0) is 52.1. The molecular weight excluding hydrogens is 933 g/mol. The normalized spacial score (nSPS) is 11.4. The molecule has 4 N–H and O–H groups in total. The Morgan fingerprint density at radius 1 is 0.459 bits per heavy atom. The molecule has 0 spiro atoms. The number of carbonyl (C=O) groups is 4. The Morgan fingerprint density at radius 3 is 1.16 bits per heavy atom. The van der Waals surface area contributed by atoms with E-state index in [1.54, 1.807) is 109 Å². The van der Waals surface area contributed by atoms with E-state index in [1.165, 1.54) is 0 Å². The van der Waals surface area contributed by atoms with Crippen LogP contribution in [0.4, 0.5) is 23.0 Å². The van der Waals surface area contributed by atoms with E-state index in [2.05, 4.69) is 20.6 Å². The van der Waals surface area contributed by atoms with Crippen LogP contribution in [0.3, 0.4) is 0 Å². The lowest BCUT2D eigenvalue weighted by atomic mass is 10.00. The molecule has 0 saturated heterocycles. The molecule has 14 nitrogen and oxygen atoms in total. The molecule has 2 unspecified atom stereocenters. The molecule has 14 heteroatoms. The van der Waals surface area contributed by atoms with Gasteiger partial charge in [0.15, 0.2) is 11.6 Å². The summed E-state index contributed by atoms with van der Waals surface area (Å²) in [7, 11) is 3.92. The molecule has 6 aromatic carbocycles. The lowest BCUT2D eigenvalue weighted by Crippen LogP contribution is -2.32. The number of rotatable bonds is 24. The predicted molar refractivity (Wildman–Crippen MR) is 289 cm³/mol. The SMILES string of the molecule is CN(CCOc1ccc(CC(Nc2ccccc2C(=O)c2ccccc2)C(=O)O)cc1)c1ccccn1.CN(CCOc1ccc(CC(Nc2ccccc2C(=O)c2ccccc2)C(=O)O)cc1)c1ccccn1. The molecule has 8 aromatic rings. The van der Waals surface area contributed by atoms with Crippen molar-refractivity contribution in [2.24, 2.45) is 0 Å². The topological polar surface area (TPSA) is 184 Å². The van der Waals surface area contributed by atoms with Crippen LogP contribution >= 0.6 is 0 Å². The number of anilines is 4. The van der Waals surface area contributed by atoms with E-state index in [0.29, 0.717) is 71.4 Å². The second-order valence-corrected chi connectivity index (χ2v) is 17.2.